The molecule has 0 aromatic carbocycles. The molecule has 1 aromatic heterocycles. The summed E-state index contributed by atoms with van der Waals surface area (Å²) in [7, 11) is 0. The van der Waals surface area contributed by atoms with Gasteiger partial charge in [0.2, 0.25) is 0 Å². The van der Waals surface area contributed by atoms with Crippen LogP contribution in [0.5, 0.6) is 0 Å². The lowest BCUT2D eigenvalue weighted by atomic mass is 10.3. The van der Waals surface area contributed by atoms with Gasteiger partial charge in [0.15, 0.2) is 5.11 Å². The van der Waals surface area contributed by atoms with Gasteiger partial charge in [-0.25, -0.2) is 4.98 Å². The monoisotopic (exact) mass is 171 g/mol. The lowest BCUT2D eigenvalue weighted by Crippen LogP contribution is -2.31. The van der Waals surface area contributed by atoms with Crippen molar-refractivity contribution in [2.45, 2.75) is 13.0 Å². The van der Waals surface area contributed by atoms with Crippen LogP contribution in [0.3, 0.4) is 0 Å². The Morgan fingerprint density at radius 1 is 1.91 bits per heavy atom. The van der Waals surface area contributed by atoms with Gasteiger partial charge >= 0.3 is 0 Å². The van der Waals surface area contributed by atoms with Crippen LogP contribution in [0.25, 0.3) is 0 Å². The molecule has 5 nitrogen and oxygen atoms in total. The van der Waals surface area contributed by atoms with Gasteiger partial charge in [-0.1, -0.05) is 0 Å². The van der Waals surface area contributed by atoms with Crippen LogP contribution >= 0.6 is 12.2 Å². The molecule has 1 aromatic rings. The standard InChI is InChI=1S/C5H9N5S/c1-3(9-5(6)11)4-7-2-8-10-4/h2-3H,1H3,(H3,6,9,11)(H,7,8,10). The van der Waals surface area contributed by atoms with Crippen molar-refractivity contribution in [3.63, 3.8) is 0 Å². The van der Waals surface area contributed by atoms with Crippen LogP contribution in [0.15, 0.2) is 6.33 Å². The molecule has 1 heterocycles. The van der Waals surface area contributed by atoms with E-state index >= 15 is 0 Å². The molecule has 0 aliphatic carbocycles. The molecule has 6 heteroatoms. The molecule has 4 N–H and O–H groups in total. The normalized spacial score (nSPS) is 12.5. The summed E-state index contributed by atoms with van der Waals surface area (Å²) in [5, 5.41) is 9.47. The number of hydrogen-bond acceptors (Lipinski definition) is 3. The van der Waals surface area contributed by atoms with Crippen molar-refractivity contribution < 1.29 is 0 Å². The second-order valence-electron chi connectivity index (χ2n) is 2.10. The number of aromatic amines is 1. The minimum Gasteiger partial charge on any atom is -0.376 e. The average molecular weight is 171 g/mol. The van der Waals surface area contributed by atoms with Crippen LogP contribution in [0, 0.1) is 0 Å². The SMILES string of the molecule is CC(NC(N)=S)c1ncn[nH]1. The van der Waals surface area contributed by atoms with E-state index in [-0.39, 0.29) is 11.2 Å². The van der Waals surface area contributed by atoms with Gasteiger partial charge in [-0.2, -0.15) is 5.10 Å². The molecule has 11 heavy (non-hydrogen) atoms. The predicted molar refractivity (Wildman–Crippen MR) is 44.7 cm³/mol. The number of nitrogens with two attached hydrogens (primary N) is 1. The highest BCUT2D eigenvalue weighted by Crippen LogP contribution is 2.02. The molecule has 0 spiro atoms. The van der Waals surface area contributed by atoms with Crippen molar-refractivity contribution in [3.8, 4) is 0 Å². The first-order chi connectivity index (χ1) is 5.20. The van der Waals surface area contributed by atoms with Crippen molar-refractivity contribution in [2.24, 2.45) is 5.73 Å². The maximum Gasteiger partial charge on any atom is 0.164 e. The Hall–Kier alpha value is -1.17. The highest BCUT2D eigenvalue weighted by molar-refractivity contribution is 7.80. The van der Waals surface area contributed by atoms with Gasteiger partial charge in [0, 0.05) is 0 Å². The average Bonchev–Trinajstić information content (AvgIpc) is 2.35. The topological polar surface area (TPSA) is 79.6 Å². The second-order valence-corrected chi connectivity index (χ2v) is 2.54. The van der Waals surface area contributed by atoms with Crippen LogP contribution in [0.4, 0.5) is 0 Å². The van der Waals surface area contributed by atoms with Crippen LogP contribution < -0.4 is 11.1 Å². The Balaban J connectivity index is 2.56. The fourth-order valence-electron chi connectivity index (χ4n) is 0.705. The summed E-state index contributed by atoms with van der Waals surface area (Å²) in [4.78, 5) is 3.92. The molecule has 60 valence electrons. The summed E-state index contributed by atoms with van der Waals surface area (Å²) >= 11 is 4.65. The van der Waals surface area contributed by atoms with Gasteiger partial charge < -0.3 is 11.1 Å². The van der Waals surface area contributed by atoms with Crippen molar-refractivity contribution >= 4 is 17.3 Å². The highest BCUT2D eigenvalue weighted by Gasteiger charge is 2.06. The van der Waals surface area contributed by atoms with E-state index in [2.05, 4.69) is 32.7 Å². The van der Waals surface area contributed by atoms with Crippen molar-refractivity contribution in [2.75, 3.05) is 0 Å². The molecule has 0 fully saturated rings. The van der Waals surface area contributed by atoms with E-state index in [0.29, 0.717) is 0 Å². The maximum absolute atomic E-state index is 5.26. The fraction of sp³-hybridized carbons (Fsp3) is 0.400. The number of hydrogen-bond donors (Lipinski definition) is 3. The Kier molecular flexibility index (Phi) is 2.37. The first-order valence-corrected chi connectivity index (χ1v) is 3.52. The third kappa shape index (κ3) is 2.15. The summed E-state index contributed by atoms with van der Waals surface area (Å²) in [5.41, 5.74) is 5.26. The molecule has 0 radical (unpaired) electrons. The van der Waals surface area contributed by atoms with E-state index in [1.165, 1.54) is 6.33 Å². The summed E-state index contributed by atoms with van der Waals surface area (Å²) in [6.45, 7) is 1.89. The first kappa shape index (κ1) is 7.93. The molecule has 0 aliphatic heterocycles. The Morgan fingerprint density at radius 3 is 3.09 bits per heavy atom. The van der Waals surface area contributed by atoms with Crippen LogP contribution in [-0.2, 0) is 0 Å². The van der Waals surface area contributed by atoms with Gasteiger partial charge in [-0.3, -0.25) is 5.10 Å². The van der Waals surface area contributed by atoms with Crippen LogP contribution in [0.1, 0.15) is 18.8 Å². The third-order valence-electron chi connectivity index (χ3n) is 1.20. The first-order valence-electron chi connectivity index (χ1n) is 3.11. The van der Waals surface area contributed by atoms with E-state index in [9.17, 15) is 0 Å². The smallest absolute Gasteiger partial charge is 0.164 e. The highest BCUT2D eigenvalue weighted by atomic mass is 32.1. The molecule has 1 unspecified atom stereocenters. The molecule has 1 rings (SSSR count). The molecule has 0 saturated carbocycles. The molecule has 0 saturated heterocycles. The van der Waals surface area contributed by atoms with Crippen molar-refractivity contribution in [1.29, 1.82) is 0 Å². The van der Waals surface area contributed by atoms with Gasteiger partial charge in [0.1, 0.15) is 12.2 Å². The number of aromatic nitrogens is 3. The van der Waals surface area contributed by atoms with Crippen LogP contribution in [0.2, 0.25) is 0 Å². The van der Waals surface area contributed by atoms with E-state index in [0.717, 1.165) is 5.82 Å². The second kappa shape index (κ2) is 3.29. The molecular formula is C5H9N5S. The number of rotatable bonds is 2. The van der Waals surface area contributed by atoms with E-state index in [4.69, 9.17) is 5.73 Å². The zero-order valence-electron chi connectivity index (χ0n) is 6.03. The summed E-state index contributed by atoms with van der Waals surface area (Å²) in [5.74, 6) is 0.720. The zero-order valence-corrected chi connectivity index (χ0v) is 6.85. The van der Waals surface area contributed by atoms with Gasteiger partial charge in [0.05, 0.1) is 6.04 Å². The molecule has 0 bridgehead atoms. The van der Waals surface area contributed by atoms with Crippen molar-refractivity contribution in [3.05, 3.63) is 12.2 Å². The summed E-state index contributed by atoms with van der Waals surface area (Å²) in [6.07, 6.45) is 1.44. The van der Waals surface area contributed by atoms with E-state index < -0.39 is 0 Å². The Bertz CT molecular complexity index is 231. The van der Waals surface area contributed by atoms with E-state index in [1.54, 1.807) is 0 Å². The fourth-order valence-corrected chi connectivity index (χ4v) is 0.882. The number of thiocarbonyl (C=S) groups is 1. The molecule has 0 amide bonds. The minimum absolute atomic E-state index is 0.0185. The lowest BCUT2D eigenvalue weighted by molar-refractivity contribution is 0.668. The number of nitrogens with one attached hydrogen (secondary N) is 2. The number of H-pyrrole nitrogens is 1. The summed E-state index contributed by atoms with van der Waals surface area (Å²) < 4.78 is 0. The molecular weight excluding hydrogens is 162 g/mol. The third-order valence-corrected chi connectivity index (χ3v) is 1.32. The molecule has 0 aliphatic rings. The van der Waals surface area contributed by atoms with Gasteiger partial charge in [-0.05, 0) is 19.1 Å². The van der Waals surface area contributed by atoms with Gasteiger partial charge in [0.25, 0.3) is 0 Å². The largest absolute Gasteiger partial charge is 0.376 e. The van der Waals surface area contributed by atoms with Crippen molar-refractivity contribution in [1.82, 2.24) is 20.5 Å². The zero-order chi connectivity index (χ0) is 8.27. The maximum atomic E-state index is 5.26. The summed E-state index contributed by atoms with van der Waals surface area (Å²) in [6, 6.07) is -0.0185. The lowest BCUT2D eigenvalue weighted by Gasteiger charge is -2.09. The van der Waals surface area contributed by atoms with Gasteiger partial charge in [-0.15, -0.1) is 0 Å². The quantitative estimate of drug-likeness (QED) is 0.532. The van der Waals surface area contributed by atoms with E-state index in [1.807, 2.05) is 6.92 Å². The Morgan fingerprint density at radius 2 is 2.64 bits per heavy atom. The molecule has 1 atom stereocenters. The minimum atomic E-state index is -0.0185. The number of nitrogens with zero attached hydrogens (tertiary/aromatic N) is 2. The Labute approximate surface area is 69.4 Å². The predicted octanol–water partition coefficient (Wildman–Crippen LogP) is -0.301. The van der Waals surface area contributed by atoms with Crippen LogP contribution in [-0.4, -0.2) is 20.3 Å².